The van der Waals surface area contributed by atoms with Crippen molar-refractivity contribution in [3.63, 3.8) is 0 Å². The number of rotatable bonds is 5. The Kier molecular flexibility index (Phi) is 3.91. The van der Waals surface area contributed by atoms with Gasteiger partial charge in [0.1, 0.15) is 5.56 Å². The molecular formula is C11H13N5O3. The van der Waals surface area contributed by atoms with Crippen LogP contribution in [0, 0.1) is 0 Å². The van der Waals surface area contributed by atoms with Crippen LogP contribution < -0.4 is 11.2 Å². The minimum absolute atomic E-state index is 0.0535. The van der Waals surface area contributed by atoms with Gasteiger partial charge in [-0.05, 0) is 6.42 Å². The molecule has 8 nitrogen and oxygen atoms in total. The first kappa shape index (κ1) is 12.8. The third-order valence-corrected chi connectivity index (χ3v) is 2.44. The summed E-state index contributed by atoms with van der Waals surface area (Å²) in [5.41, 5.74) is -1.47. The van der Waals surface area contributed by atoms with E-state index >= 15 is 0 Å². The molecule has 0 aliphatic rings. The van der Waals surface area contributed by atoms with Crippen LogP contribution in [0.2, 0.25) is 0 Å². The van der Waals surface area contributed by atoms with Gasteiger partial charge in [-0.25, -0.2) is 9.78 Å². The van der Waals surface area contributed by atoms with E-state index in [1.807, 2.05) is 15.7 Å². The molecule has 19 heavy (non-hydrogen) atoms. The molecule has 0 fully saturated rings. The molecule has 0 bridgehead atoms. The second-order valence-corrected chi connectivity index (χ2v) is 3.86. The molecular weight excluding hydrogens is 250 g/mol. The Morgan fingerprint density at radius 3 is 2.95 bits per heavy atom. The maximum absolute atomic E-state index is 11.4. The molecule has 0 aliphatic heterocycles. The first-order chi connectivity index (χ1) is 9.16. The van der Waals surface area contributed by atoms with Gasteiger partial charge in [0.05, 0.1) is 6.33 Å². The summed E-state index contributed by atoms with van der Waals surface area (Å²) in [7, 11) is 0. The Morgan fingerprint density at radius 2 is 2.26 bits per heavy atom. The number of aromatic amines is 2. The standard InChI is InChI=1S/C11H13N5O3/c17-9-8(10(18)15-11(19)14-9)6-12-2-1-4-16-5-3-13-7-16/h3,5-7H,1-2,4H2,(H3,14,15,17,18,19). The Bertz CT molecular complexity index is 668. The number of aryl methyl sites for hydroxylation is 1. The van der Waals surface area contributed by atoms with Crippen molar-refractivity contribution in [1.82, 2.24) is 19.5 Å². The predicted molar refractivity (Wildman–Crippen MR) is 68.7 cm³/mol. The highest BCUT2D eigenvalue weighted by Gasteiger charge is 2.04. The molecule has 0 amide bonds. The number of nitrogens with one attached hydrogen (secondary N) is 2. The summed E-state index contributed by atoms with van der Waals surface area (Å²) < 4.78 is 1.92. The van der Waals surface area contributed by atoms with Crippen molar-refractivity contribution in [2.45, 2.75) is 13.0 Å². The van der Waals surface area contributed by atoms with Gasteiger partial charge in [-0.3, -0.25) is 19.8 Å². The molecule has 0 spiro atoms. The first-order valence-electron chi connectivity index (χ1n) is 5.68. The van der Waals surface area contributed by atoms with E-state index in [2.05, 4.69) is 15.0 Å². The number of aromatic hydroxyl groups is 1. The molecule has 0 aromatic carbocycles. The van der Waals surface area contributed by atoms with E-state index in [-0.39, 0.29) is 5.56 Å². The highest BCUT2D eigenvalue weighted by Crippen LogP contribution is 2.01. The molecule has 0 saturated carbocycles. The van der Waals surface area contributed by atoms with Gasteiger partial charge in [0.15, 0.2) is 0 Å². The van der Waals surface area contributed by atoms with E-state index < -0.39 is 17.1 Å². The van der Waals surface area contributed by atoms with Crippen LogP contribution in [-0.2, 0) is 6.54 Å². The lowest BCUT2D eigenvalue weighted by atomic mass is 10.3. The maximum atomic E-state index is 11.4. The van der Waals surface area contributed by atoms with Crippen LogP contribution in [0.4, 0.5) is 0 Å². The molecule has 100 valence electrons. The Morgan fingerprint density at radius 1 is 1.42 bits per heavy atom. The molecule has 0 aliphatic carbocycles. The van der Waals surface area contributed by atoms with Gasteiger partial charge in [0.25, 0.3) is 5.56 Å². The summed E-state index contributed by atoms with van der Waals surface area (Å²) in [6, 6.07) is 0. The molecule has 0 radical (unpaired) electrons. The fourth-order valence-corrected chi connectivity index (χ4v) is 1.52. The van der Waals surface area contributed by atoms with E-state index in [4.69, 9.17) is 0 Å². The molecule has 8 heteroatoms. The van der Waals surface area contributed by atoms with Crippen LogP contribution in [0.3, 0.4) is 0 Å². The van der Waals surface area contributed by atoms with Gasteiger partial charge >= 0.3 is 5.69 Å². The molecule has 2 rings (SSSR count). The number of nitrogens with zero attached hydrogens (tertiary/aromatic N) is 3. The van der Waals surface area contributed by atoms with Gasteiger partial charge in [-0.2, -0.15) is 0 Å². The van der Waals surface area contributed by atoms with Crippen LogP contribution in [0.1, 0.15) is 12.0 Å². The molecule has 0 atom stereocenters. The van der Waals surface area contributed by atoms with Crippen LogP contribution in [0.15, 0.2) is 33.3 Å². The second-order valence-electron chi connectivity index (χ2n) is 3.86. The van der Waals surface area contributed by atoms with Crippen molar-refractivity contribution in [2.24, 2.45) is 4.99 Å². The SMILES string of the molecule is O=c1[nH]c(O)c(C=NCCCn2ccnc2)c(=O)[nH]1. The van der Waals surface area contributed by atoms with Crippen molar-refractivity contribution >= 4 is 6.21 Å². The minimum Gasteiger partial charge on any atom is -0.494 e. The second kappa shape index (κ2) is 5.80. The zero-order chi connectivity index (χ0) is 13.7. The molecule has 2 aromatic rings. The van der Waals surface area contributed by atoms with Crippen molar-refractivity contribution in [3.8, 4) is 5.88 Å². The van der Waals surface area contributed by atoms with Crippen molar-refractivity contribution in [2.75, 3.05) is 6.54 Å². The average Bonchev–Trinajstić information content (AvgIpc) is 2.84. The Hall–Kier alpha value is -2.64. The molecule has 0 saturated heterocycles. The van der Waals surface area contributed by atoms with Crippen LogP contribution in [-0.4, -0.2) is 37.4 Å². The van der Waals surface area contributed by atoms with Gasteiger partial charge in [0, 0.05) is 31.7 Å². The summed E-state index contributed by atoms with van der Waals surface area (Å²) in [5.74, 6) is -0.480. The topological polar surface area (TPSA) is 116 Å². The number of hydrogen-bond donors (Lipinski definition) is 3. The smallest absolute Gasteiger partial charge is 0.328 e. The number of imidazole rings is 1. The summed E-state index contributed by atoms with van der Waals surface area (Å²) in [6.45, 7) is 1.27. The number of hydrogen-bond acceptors (Lipinski definition) is 5. The van der Waals surface area contributed by atoms with Gasteiger partial charge in [0.2, 0.25) is 5.88 Å². The quantitative estimate of drug-likeness (QED) is 0.497. The van der Waals surface area contributed by atoms with E-state index in [1.165, 1.54) is 6.21 Å². The Balaban J connectivity index is 1.92. The van der Waals surface area contributed by atoms with Crippen molar-refractivity contribution in [3.05, 3.63) is 45.1 Å². The lowest BCUT2D eigenvalue weighted by Gasteiger charge is -1.99. The summed E-state index contributed by atoms with van der Waals surface area (Å²) in [5, 5.41) is 9.40. The number of aromatic nitrogens is 4. The molecule has 3 N–H and O–H groups in total. The normalized spacial score (nSPS) is 11.2. The zero-order valence-corrected chi connectivity index (χ0v) is 10.0. The van der Waals surface area contributed by atoms with Gasteiger partial charge in [-0.15, -0.1) is 0 Å². The summed E-state index contributed by atoms with van der Waals surface area (Å²) >= 11 is 0. The first-order valence-corrected chi connectivity index (χ1v) is 5.68. The van der Waals surface area contributed by atoms with Crippen molar-refractivity contribution < 1.29 is 5.11 Å². The monoisotopic (exact) mass is 263 g/mol. The summed E-state index contributed by atoms with van der Waals surface area (Å²) in [4.78, 5) is 34.3. The lowest BCUT2D eigenvalue weighted by molar-refractivity contribution is 0.447. The largest absolute Gasteiger partial charge is 0.494 e. The van der Waals surface area contributed by atoms with E-state index in [0.29, 0.717) is 6.54 Å². The zero-order valence-electron chi connectivity index (χ0n) is 10.0. The fraction of sp³-hybridized carbons (Fsp3) is 0.273. The van der Waals surface area contributed by atoms with Crippen LogP contribution in [0.25, 0.3) is 0 Å². The molecule has 0 unspecified atom stereocenters. The molecule has 2 aromatic heterocycles. The van der Waals surface area contributed by atoms with Crippen molar-refractivity contribution in [1.29, 1.82) is 0 Å². The maximum Gasteiger partial charge on any atom is 0.328 e. The minimum atomic E-state index is -0.750. The predicted octanol–water partition coefficient (Wildman–Crippen LogP) is -0.526. The highest BCUT2D eigenvalue weighted by atomic mass is 16.3. The number of H-pyrrole nitrogens is 2. The van der Waals surface area contributed by atoms with E-state index in [1.54, 1.807) is 12.5 Å². The van der Waals surface area contributed by atoms with Crippen LogP contribution >= 0.6 is 0 Å². The van der Waals surface area contributed by atoms with Crippen LogP contribution in [0.5, 0.6) is 5.88 Å². The number of aliphatic imine (C=N–C) groups is 1. The van der Waals surface area contributed by atoms with E-state index in [0.717, 1.165) is 13.0 Å². The summed E-state index contributed by atoms with van der Waals surface area (Å²) in [6.07, 6.45) is 7.28. The third-order valence-electron chi connectivity index (χ3n) is 2.44. The lowest BCUT2D eigenvalue weighted by Crippen LogP contribution is -2.24. The fourth-order valence-electron chi connectivity index (χ4n) is 1.52. The van der Waals surface area contributed by atoms with E-state index in [9.17, 15) is 14.7 Å². The van der Waals surface area contributed by atoms with Gasteiger partial charge < -0.3 is 9.67 Å². The average molecular weight is 263 g/mol. The highest BCUT2D eigenvalue weighted by molar-refractivity contribution is 5.81. The third kappa shape index (κ3) is 3.41. The Labute approximate surface area is 107 Å². The molecule has 2 heterocycles. The van der Waals surface area contributed by atoms with Gasteiger partial charge in [-0.1, -0.05) is 0 Å².